The lowest BCUT2D eigenvalue weighted by Crippen LogP contribution is -2.36. The molecule has 29 heavy (non-hydrogen) atoms. The Labute approximate surface area is 170 Å². The van der Waals surface area contributed by atoms with Crippen molar-refractivity contribution in [2.45, 2.75) is 51.5 Å². The topological polar surface area (TPSA) is 94.1 Å². The van der Waals surface area contributed by atoms with E-state index in [4.69, 9.17) is 4.52 Å². The van der Waals surface area contributed by atoms with Crippen molar-refractivity contribution in [1.29, 1.82) is 0 Å². The van der Waals surface area contributed by atoms with Gasteiger partial charge in [-0.15, -0.1) is 0 Å². The Bertz CT molecular complexity index is 1130. The van der Waals surface area contributed by atoms with Gasteiger partial charge in [0.2, 0.25) is 21.7 Å². The maximum absolute atomic E-state index is 13.1. The summed E-state index contributed by atoms with van der Waals surface area (Å²) in [5.74, 6) is 0.900. The van der Waals surface area contributed by atoms with Crippen molar-refractivity contribution >= 4 is 10.0 Å². The molecule has 3 aromatic rings. The van der Waals surface area contributed by atoms with Crippen LogP contribution < -0.4 is 0 Å². The van der Waals surface area contributed by atoms with Crippen LogP contribution in [0.15, 0.2) is 33.7 Å². The molecule has 0 amide bonds. The van der Waals surface area contributed by atoms with E-state index in [-0.39, 0.29) is 11.4 Å². The zero-order valence-corrected chi connectivity index (χ0v) is 17.7. The van der Waals surface area contributed by atoms with Crippen LogP contribution in [0.1, 0.15) is 42.1 Å². The van der Waals surface area contributed by atoms with Gasteiger partial charge in [0.05, 0.1) is 11.4 Å². The molecule has 1 saturated heterocycles. The molecule has 0 saturated carbocycles. The van der Waals surface area contributed by atoms with Crippen LogP contribution in [0.4, 0.5) is 0 Å². The number of rotatable bonds is 5. The smallest absolute Gasteiger partial charge is 0.248 e. The molecule has 9 heteroatoms. The second kappa shape index (κ2) is 7.72. The van der Waals surface area contributed by atoms with Crippen molar-refractivity contribution in [3.63, 3.8) is 0 Å². The Morgan fingerprint density at radius 1 is 1.07 bits per heavy atom. The highest BCUT2D eigenvalue weighted by molar-refractivity contribution is 7.89. The molecule has 3 heterocycles. The van der Waals surface area contributed by atoms with E-state index in [0.29, 0.717) is 36.2 Å². The summed E-state index contributed by atoms with van der Waals surface area (Å²) >= 11 is 0. The first kappa shape index (κ1) is 19.8. The van der Waals surface area contributed by atoms with E-state index < -0.39 is 10.0 Å². The van der Waals surface area contributed by atoms with E-state index in [9.17, 15) is 8.42 Å². The van der Waals surface area contributed by atoms with Gasteiger partial charge in [-0.2, -0.15) is 14.4 Å². The molecule has 0 atom stereocenters. The fraction of sp³-hybridized carbons (Fsp3) is 0.450. The molecule has 1 fully saturated rings. The molecule has 0 bridgehead atoms. The Balaban J connectivity index is 1.61. The van der Waals surface area contributed by atoms with Gasteiger partial charge >= 0.3 is 0 Å². The monoisotopic (exact) mass is 415 g/mol. The van der Waals surface area contributed by atoms with Gasteiger partial charge in [-0.1, -0.05) is 35.8 Å². The van der Waals surface area contributed by atoms with Gasteiger partial charge in [0, 0.05) is 18.7 Å². The van der Waals surface area contributed by atoms with Crippen molar-refractivity contribution in [3.05, 3.63) is 47.1 Å². The van der Waals surface area contributed by atoms with Crippen molar-refractivity contribution < 1.29 is 12.9 Å². The van der Waals surface area contributed by atoms with Crippen LogP contribution in [-0.4, -0.2) is 45.7 Å². The first-order valence-corrected chi connectivity index (χ1v) is 11.2. The first-order chi connectivity index (χ1) is 13.9. The summed E-state index contributed by atoms with van der Waals surface area (Å²) < 4.78 is 34.9. The maximum atomic E-state index is 13.1. The van der Waals surface area contributed by atoms with Crippen LogP contribution in [0.3, 0.4) is 0 Å². The zero-order valence-electron chi connectivity index (χ0n) is 16.9. The van der Waals surface area contributed by atoms with Crippen LogP contribution in [0.2, 0.25) is 0 Å². The van der Waals surface area contributed by atoms with E-state index in [1.807, 2.05) is 31.2 Å². The lowest BCUT2D eigenvalue weighted by molar-refractivity contribution is 0.346. The molecule has 1 aromatic carbocycles. The Morgan fingerprint density at radius 3 is 2.52 bits per heavy atom. The zero-order chi connectivity index (χ0) is 20.6. The molecular weight excluding hydrogens is 390 g/mol. The minimum absolute atomic E-state index is 0.223. The highest BCUT2D eigenvalue weighted by atomic mass is 32.2. The molecule has 0 spiro atoms. The van der Waals surface area contributed by atoms with Crippen LogP contribution in [-0.2, 0) is 16.6 Å². The highest BCUT2D eigenvalue weighted by Gasteiger charge is 2.32. The molecule has 154 valence electrons. The van der Waals surface area contributed by atoms with E-state index in [1.54, 1.807) is 22.8 Å². The standard InChI is InChI=1S/C20H25N5O3S/c1-14-9-5-6-10-17(14)20-21-18(28-23-20)13-25-16(3)19(15(2)22-25)29(26,27)24-11-7-4-8-12-24/h5-6,9-10H,4,7-8,11-13H2,1-3H3. The van der Waals surface area contributed by atoms with Gasteiger partial charge in [-0.3, -0.25) is 4.68 Å². The number of hydrogen-bond acceptors (Lipinski definition) is 6. The summed E-state index contributed by atoms with van der Waals surface area (Å²) in [6, 6.07) is 7.82. The first-order valence-electron chi connectivity index (χ1n) is 9.80. The third-order valence-electron chi connectivity index (χ3n) is 5.37. The molecule has 8 nitrogen and oxygen atoms in total. The van der Waals surface area contributed by atoms with E-state index in [1.165, 1.54) is 0 Å². The number of piperidine rings is 1. The number of aryl methyl sites for hydroxylation is 2. The minimum atomic E-state index is -3.55. The normalized spacial score (nSPS) is 15.7. The summed E-state index contributed by atoms with van der Waals surface area (Å²) in [6.07, 6.45) is 2.87. The van der Waals surface area contributed by atoms with Gasteiger partial charge in [0.1, 0.15) is 11.4 Å². The molecular formula is C20H25N5O3S. The van der Waals surface area contributed by atoms with Crippen LogP contribution >= 0.6 is 0 Å². The number of hydrogen-bond donors (Lipinski definition) is 0. The quantitative estimate of drug-likeness (QED) is 0.636. The van der Waals surface area contributed by atoms with Crippen molar-refractivity contribution in [3.8, 4) is 11.4 Å². The minimum Gasteiger partial charge on any atom is -0.337 e. The van der Waals surface area contributed by atoms with Crippen LogP contribution in [0.25, 0.3) is 11.4 Å². The van der Waals surface area contributed by atoms with Gasteiger partial charge in [-0.05, 0) is 39.2 Å². The predicted molar refractivity (Wildman–Crippen MR) is 108 cm³/mol. The highest BCUT2D eigenvalue weighted by Crippen LogP contribution is 2.27. The van der Waals surface area contributed by atoms with Crippen LogP contribution in [0.5, 0.6) is 0 Å². The predicted octanol–water partition coefficient (Wildman–Crippen LogP) is 3.08. The van der Waals surface area contributed by atoms with Gasteiger partial charge < -0.3 is 4.52 Å². The fourth-order valence-electron chi connectivity index (χ4n) is 3.82. The summed E-state index contributed by atoms with van der Waals surface area (Å²) in [5.41, 5.74) is 3.04. The second-order valence-electron chi connectivity index (χ2n) is 7.45. The van der Waals surface area contributed by atoms with E-state index in [0.717, 1.165) is 30.4 Å². The third kappa shape index (κ3) is 3.72. The molecule has 0 unspecified atom stereocenters. The number of sulfonamides is 1. The van der Waals surface area contributed by atoms with Crippen molar-refractivity contribution in [2.24, 2.45) is 0 Å². The van der Waals surface area contributed by atoms with Crippen molar-refractivity contribution in [2.75, 3.05) is 13.1 Å². The van der Waals surface area contributed by atoms with E-state index in [2.05, 4.69) is 15.2 Å². The summed E-state index contributed by atoms with van der Waals surface area (Å²) in [5, 5.41) is 8.52. The number of benzene rings is 1. The SMILES string of the molecule is Cc1ccccc1-c1noc(Cn2nc(C)c(S(=O)(=O)N3CCCCC3)c2C)n1. The summed E-state index contributed by atoms with van der Waals surface area (Å²) in [4.78, 5) is 4.76. The lowest BCUT2D eigenvalue weighted by atomic mass is 10.1. The van der Waals surface area contributed by atoms with Crippen LogP contribution in [0, 0.1) is 20.8 Å². The maximum Gasteiger partial charge on any atom is 0.248 e. The molecule has 0 aliphatic carbocycles. The summed E-state index contributed by atoms with van der Waals surface area (Å²) in [6.45, 7) is 6.85. The van der Waals surface area contributed by atoms with Crippen molar-refractivity contribution in [1.82, 2.24) is 24.2 Å². The third-order valence-corrected chi connectivity index (χ3v) is 7.52. The van der Waals surface area contributed by atoms with E-state index >= 15 is 0 Å². The average Bonchev–Trinajstić information content (AvgIpc) is 3.27. The summed E-state index contributed by atoms with van der Waals surface area (Å²) in [7, 11) is -3.55. The fourth-order valence-corrected chi connectivity index (χ4v) is 5.71. The van der Waals surface area contributed by atoms with Gasteiger partial charge in [0.25, 0.3) is 0 Å². The Kier molecular flexibility index (Phi) is 5.26. The Morgan fingerprint density at radius 2 is 1.79 bits per heavy atom. The molecule has 0 radical (unpaired) electrons. The molecule has 1 aliphatic heterocycles. The second-order valence-corrected chi connectivity index (χ2v) is 9.32. The average molecular weight is 416 g/mol. The number of aromatic nitrogens is 4. The molecule has 4 rings (SSSR count). The molecule has 1 aliphatic rings. The molecule has 0 N–H and O–H groups in total. The number of nitrogens with zero attached hydrogens (tertiary/aromatic N) is 5. The largest absolute Gasteiger partial charge is 0.337 e. The molecule has 2 aromatic heterocycles. The van der Waals surface area contributed by atoms with Gasteiger partial charge in [-0.25, -0.2) is 8.42 Å². The van der Waals surface area contributed by atoms with Gasteiger partial charge in [0.15, 0.2) is 0 Å². The lowest BCUT2D eigenvalue weighted by Gasteiger charge is -2.25. The Hall–Kier alpha value is -2.52.